The van der Waals surface area contributed by atoms with Crippen molar-refractivity contribution in [2.75, 3.05) is 0 Å². The van der Waals surface area contributed by atoms with E-state index >= 15 is 0 Å². The molecule has 0 spiro atoms. The standard InChI is InChI=1S/C18H34O2.C10H16O/c1-2-3-4-5-6-7-8-9-10-11-12-13-14-15-16-17-18(19)20;1-9(2)7-4-5-10(9,3)8(11)6-7/h9-10H,2-8,11-17H2,1H3,(H,19,20);7H,4-6H2,1-3H3. The second-order valence-electron chi connectivity index (χ2n) is 10.6. The monoisotopic (exact) mass is 434 g/mol. The van der Waals surface area contributed by atoms with Crippen LogP contribution in [0.2, 0.25) is 0 Å². The zero-order valence-electron chi connectivity index (χ0n) is 21.0. The van der Waals surface area contributed by atoms with Gasteiger partial charge in [0.1, 0.15) is 5.78 Å². The van der Waals surface area contributed by atoms with Crippen LogP contribution in [-0.4, -0.2) is 16.9 Å². The number of allylic oxidation sites excluding steroid dienone is 2. The number of carbonyl (C=O) groups is 2. The van der Waals surface area contributed by atoms with Gasteiger partial charge in [-0.25, -0.2) is 0 Å². The number of carboxylic acids is 1. The SMILES string of the molecule is CC12CCC(CC1=O)C2(C)C.CCCCCCCCC=CCCCCCCCC(=O)O. The number of hydrogen-bond donors (Lipinski definition) is 1. The van der Waals surface area contributed by atoms with Crippen LogP contribution in [0.15, 0.2) is 12.2 Å². The smallest absolute Gasteiger partial charge is 0.303 e. The molecule has 2 bridgehead atoms. The minimum atomic E-state index is -0.664. The van der Waals surface area contributed by atoms with E-state index in [1.165, 1.54) is 77.0 Å². The number of ketones is 1. The van der Waals surface area contributed by atoms with Crippen LogP contribution in [0.3, 0.4) is 0 Å². The molecule has 3 nitrogen and oxygen atoms in total. The van der Waals surface area contributed by atoms with Crippen molar-refractivity contribution in [3.63, 3.8) is 0 Å². The Morgan fingerprint density at radius 2 is 1.42 bits per heavy atom. The highest BCUT2D eigenvalue weighted by Gasteiger charge is 2.61. The van der Waals surface area contributed by atoms with Gasteiger partial charge in [-0.05, 0) is 56.3 Å². The molecule has 0 radical (unpaired) electrons. The predicted octanol–water partition coefficient (Wildman–Crippen LogP) is 8.51. The molecular weight excluding hydrogens is 384 g/mol. The van der Waals surface area contributed by atoms with Crippen molar-refractivity contribution in [3.8, 4) is 0 Å². The zero-order chi connectivity index (χ0) is 23.2. The van der Waals surface area contributed by atoms with E-state index in [2.05, 4.69) is 39.8 Å². The summed E-state index contributed by atoms with van der Waals surface area (Å²) in [6.45, 7) is 8.93. The van der Waals surface area contributed by atoms with Crippen molar-refractivity contribution < 1.29 is 14.7 Å². The van der Waals surface area contributed by atoms with Crippen LogP contribution in [0.1, 0.15) is 137 Å². The largest absolute Gasteiger partial charge is 0.481 e. The number of fused-ring (bicyclic) bond motifs is 2. The molecular formula is C28H50O3. The second kappa shape index (κ2) is 14.9. The summed E-state index contributed by atoms with van der Waals surface area (Å²) in [5.41, 5.74) is 0.307. The van der Waals surface area contributed by atoms with Crippen molar-refractivity contribution in [3.05, 3.63) is 12.2 Å². The lowest BCUT2D eigenvalue weighted by Gasteiger charge is -2.32. The van der Waals surface area contributed by atoms with Gasteiger partial charge in [0.15, 0.2) is 0 Å². The highest BCUT2D eigenvalue weighted by molar-refractivity contribution is 5.89. The number of rotatable bonds is 15. The molecule has 0 heterocycles. The van der Waals surface area contributed by atoms with Crippen LogP contribution in [0.5, 0.6) is 0 Å². The molecule has 0 aliphatic heterocycles. The fourth-order valence-electron chi connectivity index (χ4n) is 5.25. The number of unbranched alkanes of at least 4 members (excludes halogenated alkanes) is 11. The summed E-state index contributed by atoms with van der Waals surface area (Å²) in [5, 5.41) is 8.51. The number of aliphatic carboxylic acids is 1. The highest BCUT2D eigenvalue weighted by Crippen LogP contribution is 2.63. The summed E-state index contributed by atoms with van der Waals surface area (Å²) in [4.78, 5) is 21.9. The van der Waals surface area contributed by atoms with E-state index in [9.17, 15) is 9.59 Å². The van der Waals surface area contributed by atoms with Crippen molar-refractivity contribution in [1.82, 2.24) is 0 Å². The van der Waals surface area contributed by atoms with Gasteiger partial charge in [-0.1, -0.05) is 91.2 Å². The Labute approximate surface area is 192 Å². The number of hydrogen-bond acceptors (Lipinski definition) is 2. The summed E-state index contributed by atoms with van der Waals surface area (Å²) in [6, 6.07) is 0. The lowest BCUT2D eigenvalue weighted by molar-refractivity contribution is -0.137. The van der Waals surface area contributed by atoms with Crippen LogP contribution in [-0.2, 0) is 9.59 Å². The summed E-state index contributed by atoms with van der Waals surface area (Å²) >= 11 is 0. The van der Waals surface area contributed by atoms with E-state index in [0.717, 1.165) is 25.7 Å². The van der Waals surface area contributed by atoms with Gasteiger partial charge in [0, 0.05) is 18.3 Å². The topological polar surface area (TPSA) is 54.4 Å². The number of Topliss-reactive ketones (excluding diaryl/α,β-unsaturated/α-hetero) is 1. The quantitative estimate of drug-likeness (QED) is 0.207. The summed E-state index contributed by atoms with van der Waals surface area (Å²) < 4.78 is 0. The van der Waals surface area contributed by atoms with E-state index in [1.54, 1.807) is 0 Å². The molecule has 2 unspecified atom stereocenters. The van der Waals surface area contributed by atoms with Crippen LogP contribution >= 0.6 is 0 Å². The number of carboxylic acid groups (broad SMARTS) is 1. The average Bonchev–Trinajstić information content (AvgIpc) is 3.04. The van der Waals surface area contributed by atoms with Crippen LogP contribution in [0.4, 0.5) is 0 Å². The molecule has 1 N–H and O–H groups in total. The van der Waals surface area contributed by atoms with Gasteiger partial charge in [-0.15, -0.1) is 0 Å². The first-order valence-corrected chi connectivity index (χ1v) is 13.2. The lowest BCUT2D eigenvalue weighted by atomic mass is 9.70. The van der Waals surface area contributed by atoms with Gasteiger partial charge in [-0.3, -0.25) is 9.59 Å². The molecule has 180 valence electrons. The van der Waals surface area contributed by atoms with Crippen molar-refractivity contribution in [1.29, 1.82) is 0 Å². The van der Waals surface area contributed by atoms with Crippen molar-refractivity contribution in [2.24, 2.45) is 16.7 Å². The van der Waals surface area contributed by atoms with Crippen molar-refractivity contribution in [2.45, 2.75) is 137 Å². The molecule has 0 aromatic heterocycles. The highest BCUT2D eigenvalue weighted by atomic mass is 16.4. The van der Waals surface area contributed by atoms with Crippen molar-refractivity contribution >= 4 is 11.8 Å². The molecule has 2 rings (SSSR count). The minimum Gasteiger partial charge on any atom is -0.481 e. The second-order valence-corrected chi connectivity index (χ2v) is 10.6. The average molecular weight is 435 g/mol. The first-order chi connectivity index (χ1) is 14.8. The molecule has 3 heteroatoms. The first kappa shape index (κ1) is 27.9. The lowest BCUT2D eigenvalue weighted by Crippen LogP contribution is -2.32. The predicted molar refractivity (Wildman–Crippen MR) is 131 cm³/mol. The Bertz CT molecular complexity index is 548. The van der Waals surface area contributed by atoms with Crippen LogP contribution in [0.25, 0.3) is 0 Å². The van der Waals surface area contributed by atoms with Crippen LogP contribution < -0.4 is 0 Å². The normalized spacial score (nSPS) is 23.9. The fourth-order valence-corrected chi connectivity index (χ4v) is 5.25. The Morgan fingerprint density at radius 3 is 1.81 bits per heavy atom. The molecule has 0 amide bonds. The maximum atomic E-state index is 11.6. The van der Waals surface area contributed by atoms with E-state index in [0.29, 0.717) is 18.1 Å². The third kappa shape index (κ3) is 9.49. The summed E-state index contributed by atoms with van der Waals surface area (Å²) in [7, 11) is 0. The third-order valence-electron chi connectivity index (χ3n) is 8.14. The summed E-state index contributed by atoms with van der Waals surface area (Å²) in [6.07, 6.45) is 24.5. The Kier molecular flexibility index (Phi) is 13.4. The van der Waals surface area contributed by atoms with E-state index in [1.807, 2.05) is 0 Å². The molecule has 2 saturated carbocycles. The molecule has 0 aromatic rings. The molecule has 2 fully saturated rings. The van der Waals surface area contributed by atoms with Crippen LogP contribution in [0, 0.1) is 16.7 Å². The zero-order valence-corrected chi connectivity index (χ0v) is 21.0. The van der Waals surface area contributed by atoms with E-state index < -0.39 is 5.97 Å². The Hall–Kier alpha value is -1.12. The Balaban J connectivity index is 0.000000361. The van der Waals surface area contributed by atoms with Gasteiger partial charge in [0.25, 0.3) is 0 Å². The molecule has 0 saturated heterocycles. The molecule has 2 atom stereocenters. The molecule has 31 heavy (non-hydrogen) atoms. The number of carbonyl (C=O) groups excluding carboxylic acids is 1. The fraction of sp³-hybridized carbons (Fsp3) is 0.857. The first-order valence-electron chi connectivity index (χ1n) is 13.2. The van der Waals surface area contributed by atoms with Gasteiger partial charge < -0.3 is 5.11 Å². The van der Waals surface area contributed by atoms with E-state index in [4.69, 9.17) is 5.11 Å². The molecule has 2 aliphatic rings. The Morgan fingerprint density at radius 1 is 0.903 bits per heavy atom. The third-order valence-corrected chi connectivity index (χ3v) is 8.14. The molecule has 2 aliphatic carbocycles. The van der Waals surface area contributed by atoms with Gasteiger partial charge in [0.05, 0.1) is 0 Å². The van der Waals surface area contributed by atoms with Gasteiger partial charge >= 0.3 is 5.97 Å². The van der Waals surface area contributed by atoms with Gasteiger partial charge in [-0.2, -0.15) is 0 Å². The van der Waals surface area contributed by atoms with Gasteiger partial charge in [0.2, 0.25) is 0 Å². The maximum Gasteiger partial charge on any atom is 0.303 e. The summed E-state index contributed by atoms with van der Waals surface area (Å²) in [5.74, 6) is 0.529. The maximum absolute atomic E-state index is 11.6. The van der Waals surface area contributed by atoms with E-state index in [-0.39, 0.29) is 10.8 Å². The molecule has 0 aromatic carbocycles. The minimum absolute atomic E-state index is 0.0255.